The van der Waals surface area contributed by atoms with Crippen molar-refractivity contribution in [1.82, 2.24) is 25.8 Å². The molecule has 0 aliphatic carbocycles. The number of carbonyl (C=O) groups excluding carboxylic acids is 5. The Balaban J connectivity index is 2.86. The van der Waals surface area contributed by atoms with Crippen LogP contribution in [0.1, 0.15) is 61.3 Å². The molecule has 0 radical (unpaired) electrons. The number of nitrogens with one attached hydrogen (secondary N) is 3. The van der Waals surface area contributed by atoms with Crippen molar-refractivity contribution in [2.45, 2.75) is 84.2 Å². The number of amides is 6. The second kappa shape index (κ2) is 11.4. The highest BCUT2D eigenvalue weighted by Gasteiger charge is 2.49. The first kappa shape index (κ1) is 29.7. The van der Waals surface area contributed by atoms with Crippen molar-refractivity contribution >= 4 is 42.3 Å². The minimum atomic E-state index is -0.944. The van der Waals surface area contributed by atoms with Gasteiger partial charge in [-0.3, -0.25) is 24.1 Å². The van der Waals surface area contributed by atoms with Crippen molar-refractivity contribution in [3.8, 4) is 0 Å². The lowest BCUT2D eigenvalue weighted by Gasteiger charge is -2.32. The van der Waals surface area contributed by atoms with E-state index in [0.717, 1.165) is 4.90 Å². The van der Waals surface area contributed by atoms with Crippen LogP contribution in [0.5, 0.6) is 0 Å². The fourth-order valence-electron chi connectivity index (χ4n) is 3.59. The van der Waals surface area contributed by atoms with E-state index in [4.69, 9.17) is 0 Å². The van der Waals surface area contributed by atoms with Crippen LogP contribution in [-0.4, -0.2) is 83.0 Å². The summed E-state index contributed by atoms with van der Waals surface area (Å²) < 4.78 is 0. The molecule has 1 saturated heterocycles. The van der Waals surface area contributed by atoms with Gasteiger partial charge in [-0.2, -0.15) is 12.6 Å². The Morgan fingerprint density at radius 3 is 2.00 bits per heavy atom. The molecule has 0 aromatic carbocycles. The normalized spacial score (nSPS) is 18.6. The van der Waals surface area contributed by atoms with E-state index in [0.29, 0.717) is 6.42 Å². The van der Waals surface area contributed by atoms with Gasteiger partial charge in [0.1, 0.15) is 17.6 Å². The summed E-state index contributed by atoms with van der Waals surface area (Å²) in [5.74, 6) is -1.50. The van der Waals surface area contributed by atoms with Crippen molar-refractivity contribution < 1.29 is 24.0 Å². The average molecular weight is 500 g/mol. The van der Waals surface area contributed by atoms with E-state index < -0.39 is 46.1 Å². The fraction of sp³-hybridized carbons (Fsp3) is 0.783. The van der Waals surface area contributed by atoms with Crippen molar-refractivity contribution in [3.63, 3.8) is 0 Å². The summed E-state index contributed by atoms with van der Waals surface area (Å²) in [7, 11) is 3.06. The number of carbonyl (C=O) groups is 5. The van der Waals surface area contributed by atoms with Gasteiger partial charge in [0, 0.05) is 20.6 Å². The molecule has 10 nitrogen and oxygen atoms in total. The van der Waals surface area contributed by atoms with Crippen LogP contribution < -0.4 is 16.0 Å². The molecule has 0 aromatic rings. The summed E-state index contributed by atoms with van der Waals surface area (Å²) in [6.07, 6.45) is 0.500. The van der Waals surface area contributed by atoms with E-state index in [1.807, 2.05) is 34.6 Å². The molecule has 1 heterocycles. The van der Waals surface area contributed by atoms with E-state index in [2.05, 4.69) is 28.6 Å². The summed E-state index contributed by atoms with van der Waals surface area (Å²) in [5, 5.41) is 7.21. The van der Waals surface area contributed by atoms with Crippen LogP contribution in [-0.2, 0) is 19.2 Å². The molecule has 6 amide bonds. The van der Waals surface area contributed by atoms with Crippen LogP contribution in [0.2, 0.25) is 0 Å². The van der Waals surface area contributed by atoms with E-state index in [-0.39, 0.29) is 30.7 Å². The van der Waals surface area contributed by atoms with Gasteiger partial charge in [0.2, 0.25) is 17.7 Å². The molecule has 34 heavy (non-hydrogen) atoms. The number of hydrogen-bond acceptors (Lipinski definition) is 6. The summed E-state index contributed by atoms with van der Waals surface area (Å²) in [6, 6.07) is -2.07. The molecule has 0 saturated carbocycles. The topological polar surface area (TPSA) is 128 Å². The van der Waals surface area contributed by atoms with Gasteiger partial charge < -0.3 is 20.9 Å². The zero-order chi connectivity index (χ0) is 26.6. The van der Waals surface area contributed by atoms with Crippen LogP contribution in [0.25, 0.3) is 0 Å². The Labute approximate surface area is 208 Å². The third-order valence-electron chi connectivity index (χ3n) is 6.05. The standard InChI is InChI=1S/C23H41N5O5S/c1-13(2)12-14(17(29)26-16(19(31)24-8)22(3,4)5)25-18(30)15(34)10-11-28-20(32)23(6,7)27(9)21(28)33/h13-16,34H,10-12H2,1-9H3,(H,24,31)(H,25,30)(H,26,29)/t14-,15?,16+/m0/s1. The number of nitrogens with zero attached hydrogens (tertiary/aromatic N) is 2. The molecule has 0 bridgehead atoms. The monoisotopic (exact) mass is 499 g/mol. The van der Waals surface area contributed by atoms with Gasteiger partial charge in [-0.05, 0) is 38.0 Å². The largest absolute Gasteiger partial charge is 0.357 e. The van der Waals surface area contributed by atoms with Gasteiger partial charge in [0.15, 0.2) is 0 Å². The predicted molar refractivity (Wildman–Crippen MR) is 133 cm³/mol. The fourth-order valence-corrected chi connectivity index (χ4v) is 3.78. The number of imide groups is 1. The van der Waals surface area contributed by atoms with Crippen molar-refractivity contribution in [2.24, 2.45) is 11.3 Å². The van der Waals surface area contributed by atoms with Crippen molar-refractivity contribution in [3.05, 3.63) is 0 Å². The zero-order valence-electron chi connectivity index (χ0n) is 21.8. The van der Waals surface area contributed by atoms with E-state index in [9.17, 15) is 24.0 Å². The zero-order valence-corrected chi connectivity index (χ0v) is 22.7. The van der Waals surface area contributed by atoms with Gasteiger partial charge in [0.05, 0.1) is 5.25 Å². The lowest BCUT2D eigenvalue weighted by atomic mass is 9.85. The minimum absolute atomic E-state index is 0.0385. The first-order valence-electron chi connectivity index (χ1n) is 11.5. The molecule has 0 spiro atoms. The molecule has 194 valence electrons. The van der Waals surface area contributed by atoms with Crippen LogP contribution >= 0.6 is 12.6 Å². The molecule has 3 atom stereocenters. The second-order valence-corrected chi connectivity index (χ2v) is 11.4. The van der Waals surface area contributed by atoms with Gasteiger partial charge in [-0.25, -0.2) is 4.79 Å². The lowest BCUT2D eigenvalue weighted by Crippen LogP contribution is -2.58. The summed E-state index contributed by atoms with van der Waals surface area (Å²) in [6.45, 7) is 12.7. The summed E-state index contributed by atoms with van der Waals surface area (Å²) in [5.41, 5.74) is -1.48. The van der Waals surface area contributed by atoms with Crippen molar-refractivity contribution in [1.29, 1.82) is 0 Å². The van der Waals surface area contributed by atoms with Gasteiger partial charge in [0.25, 0.3) is 5.91 Å². The average Bonchev–Trinajstić information content (AvgIpc) is 2.87. The van der Waals surface area contributed by atoms with Crippen LogP contribution in [0.4, 0.5) is 4.79 Å². The first-order valence-corrected chi connectivity index (χ1v) is 12.1. The van der Waals surface area contributed by atoms with Gasteiger partial charge >= 0.3 is 6.03 Å². The maximum absolute atomic E-state index is 13.0. The molecule has 1 fully saturated rings. The molecule has 1 aliphatic heterocycles. The summed E-state index contributed by atoms with van der Waals surface area (Å²) in [4.78, 5) is 65.6. The third-order valence-corrected chi connectivity index (χ3v) is 6.55. The predicted octanol–water partition coefficient (Wildman–Crippen LogP) is 1.16. The van der Waals surface area contributed by atoms with E-state index >= 15 is 0 Å². The van der Waals surface area contributed by atoms with Gasteiger partial charge in [-0.1, -0.05) is 34.6 Å². The minimum Gasteiger partial charge on any atom is -0.357 e. The maximum atomic E-state index is 13.0. The SMILES string of the molecule is CNC(=O)[C@@H](NC(=O)[C@H](CC(C)C)NC(=O)C(S)CCN1C(=O)N(C)C(C)(C)C1=O)C(C)(C)C. The highest BCUT2D eigenvalue weighted by Crippen LogP contribution is 2.26. The number of urea groups is 1. The third kappa shape index (κ3) is 7.10. The molecule has 3 N–H and O–H groups in total. The molecule has 11 heteroatoms. The molecule has 1 aliphatic rings. The smallest absolute Gasteiger partial charge is 0.327 e. The molecule has 0 aromatic heterocycles. The van der Waals surface area contributed by atoms with Crippen LogP contribution in [0, 0.1) is 11.3 Å². The van der Waals surface area contributed by atoms with Crippen molar-refractivity contribution in [2.75, 3.05) is 20.6 Å². The quantitative estimate of drug-likeness (QED) is 0.265. The summed E-state index contributed by atoms with van der Waals surface area (Å²) >= 11 is 4.35. The Kier molecular flexibility index (Phi) is 9.98. The highest BCUT2D eigenvalue weighted by atomic mass is 32.1. The molecular formula is C23H41N5O5S. The molecule has 1 unspecified atom stereocenters. The Morgan fingerprint density at radius 1 is 1.03 bits per heavy atom. The first-order chi connectivity index (χ1) is 15.4. The lowest BCUT2D eigenvalue weighted by molar-refractivity contribution is -0.134. The highest BCUT2D eigenvalue weighted by molar-refractivity contribution is 7.81. The molecular weight excluding hydrogens is 458 g/mol. The number of rotatable bonds is 10. The van der Waals surface area contributed by atoms with Gasteiger partial charge in [-0.15, -0.1) is 0 Å². The number of likely N-dealkylation sites (N-methyl/N-ethyl adjacent to an activating group) is 2. The van der Waals surface area contributed by atoms with E-state index in [1.165, 1.54) is 11.9 Å². The van der Waals surface area contributed by atoms with Crippen LogP contribution in [0.15, 0.2) is 0 Å². The Hall–Kier alpha value is -2.30. The maximum Gasteiger partial charge on any atom is 0.327 e. The molecule has 1 rings (SSSR count). The van der Waals surface area contributed by atoms with E-state index in [1.54, 1.807) is 20.9 Å². The number of thiol groups is 1. The number of hydrogen-bond donors (Lipinski definition) is 4. The Bertz CT molecular complexity index is 808. The Morgan fingerprint density at radius 2 is 1.59 bits per heavy atom. The second-order valence-electron chi connectivity index (χ2n) is 10.8. The van der Waals surface area contributed by atoms with Crippen LogP contribution in [0.3, 0.4) is 0 Å².